The monoisotopic (exact) mass is 431 g/mol. The zero-order valence-corrected chi connectivity index (χ0v) is 17.9. The fourth-order valence-corrected chi connectivity index (χ4v) is 3.90. The van der Waals surface area contributed by atoms with Gasteiger partial charge in [-0.25, -0.2) is 19.9 Å². The number of benzene rings is 2. The molecule has 0 radical (unpaired) electrons. The summed E-state index contributed by atoms with van der Waals surface area (Å²) < 4.78 is 0. The molecule has 0 unspecified atom stereocenters. The van der Waals surface area contributed by atoms with Crippen molar-refractivity contribution in [2.24, 2.45) is 0 Å². The molecule has 4 aromatic rings. The SMILES string of the molecule is CN1CCN(c2ccc(Nc3ncc(Cl)c(-c4ccc5cncnc5c4)n3)cc2)CC1. The average molecular weight is 432 g/mol. The molecule has 0 atom stereocenters. The third kappa shape index (κ3) is 4.28. The number of piperazine rings is 1. The molecule has 3 heterocycles. The van der Waals surface area contributed by atoms with Crippen LogP contribution in [0.25, 0.3) is 22.2 Å². The largest absolute Gasteiger partial charge is 0.369 e. The number of aromatic nitrogens is 4. The maximum Gasteiger partial charge on any atom is 0.227 e. The molecule has 1 aliphatic heterocycles. The van der Waals surface area contributed by atoms with Crippen molar-refractivity contribution in [3.8, 4) is 11.3 Å². The first kappa shape index (κ1) is 19.7. The van der Waals surface area contributed by atoms with Crippen molar-refractivity contribution in [3.63, 3.8) is 0 Å². The van der Waals surface area contributed by atoms with Gasteiger partial charge in [-0.3, -0.25) is 0 Å². The fourth-order valence-electron chi connectivity index (χ4n) is 3.70. The van der Waals surface area contributed by atoms with E-state index in [2.05, 4.69) is 66.4 Å². The molecule has 0 bridgehead atoms. The summed E-state index contributed by atoms with van der Waals surface area (Å²) in [5, 5.41) is 4.74. The van der Waals surface area contributed by atoms with E-state index >= 15 is 0 Å². The van der Waals surface area contributed by atoms with Crippen LogP contribution < -0.4 is 10.2 Å². The van der Waals surface area contributed by atoms with Crippen molar-refractivity contribution in [3.05, 3.63) is 66.2 Å². The minimum atomic E-state index is 0.490. The first-order valence-corrected chi connectivity index (χ1v) is 10.6. The number of rotatable bonds is 4. The Bertz CT molecular complexity index is 1200. The van der Waals surface area contributed by atoms with Crippen LogP contribution in [0.15, 0.2) is 61.2 Å². The van der Waals surface area contributed by atoms with Crippen molar-refractivity contribution in [2.75, 3.05) is 43.4 Å². The van der Waals surface area contributed by atoms with Crippen LogP contribution in [0, 0.1) is 0 Å². The summed E-state index contributed by atoms with van der Waals surface area (Å²) in [4.78, 5) is 22.1. The van der Waals surface area contributed by atoms with Gasteiger partial charge >= 0.3 is 0 Å². The second kappa shape index (κ2) is 8.45. The summed E-state index contributed by atoms with van der Waals surface area (Å²) in [5.41, 5.74) is 4.55. The highest BCUT2D eigenvalue weighted by molar-refractivity contribution is 6.33. The third-order valence-electron chi connectivity index (χ3n) is 5.52. The summed E-state index contributed by atoms with van der Waals surface area (Å²) >= 11 is 6.41. The van der Waals surface area contributed by atoms with Crippen molar-refractivity contribution in [1.82, 2.24) is 24.8 Å². The van der Waals surface area contributed by atoms with Crippen LogP contribution in [0.2, 0.25) is 5.02 Å². The highest BCUT2D eigenvalue weighted by Crippen LogP contribution is 2.29. The molecular formula is C23H22ClN7. The van der Waals surface area contributed by atoms with Crippen LogP contribution in [0.1, 0.15) is 0 Å². The molecule has 1 N–H and O–H groups in total. The molecular weight excluding hydrogens is 410 g/mol. The molecule has 156 valence electrons. The maximum absolute atomic E-state index is 6.41. The Morgan fingerprint density at radius 3 is 2.55 bits per heavy atom. The van der Waals surface area contributed by atoms with Gasteiger partial charge < -0.3 is 15.1 Å². The molecule has 0 aliphatic carbocycles. The molecule has 1 fully saturated rings. The minimum absolute atomic E-state index is 0.490. The molecule has 1 aliphatic rings. The summed E-state index contributed by atoms with van der Waals surface area (Å²) in [7, 11) is 2.16. The van der Waals surface area contributed by atoms with Gasteiger partial charge in [0.1, 0.15) is 6.33 Å². The average Bonchev–Trinajstić information content (AvgIpc) is 2.81. The number of anilines is 3. The van der Waals surface area contributed by atoms with E-state index in [1.165, 1.54) is 12.0 Å². The maximum atomic E-state index is 6.41. The zero-order valence-electron chi connectivity index (χ0n) is 17.2. The lowest BCUT2D eigenvalue weighted by atomic mass is 10.1. The van der Waals surface area contributed by atoms with Gasteiger partial charge in [-0.2, -0.15) is 0 Å². The third-order valence-corrected chi connectivity index (χ3v) is 5.79. The van der Waals surface area contributed by atoms with E-state index in [1.54, 1.807) is 12.4 Å². The Morgan fingerprint density at radius 1 is 0.935 bits per heavy atom. The van der Waals surface area contributed by atoms with Crippen molar-refractivity contribution in [2.45, 2.75) is 0 Å². The smallest absolute Gasteiger partial charge is 0.227 e. The molecule has 8 heteroatoms. The first-order valence-electron chi connectivity index (χ1n) is 10.2. The van der Waals surface area contributed by atoms with Gasteiger partial charge in [-0.15, -0.1) is 0 Å². The number of nitrogens with one attached hydrogen (secondary N) is 1. The van der Waals surface area contributed by atoms with Crippen LogP contribution in [0.3, 0.4) is 0 Å². The van der Waals surface area contributed by atoms with E-state index < -0.39 is 0 Å². The number of halogens is 1. The molecule has 31 heavy (non-hydrogen) atoms. The predicted octanol–water partition coefficient (Wildman–Crippen LogP) is 4.24. The fraction of sp³-hybridized carbons (Fsp3) is 0.217. The Kier molecular flexibility index (Phi) is 5.36. The quantitative estimate of drug-likeness (QED) is 0.518. The molecule has 0 saturated carbocycles. The van der Waals surface area contributed by atoms with Crippen LogP contribution in [0.4, 0.5) is 17.3 Å². The van der Waals surface area contributed by atoms with Crippen molar-refractivity contribution in [1.29, 1.82) is 0 Å². The highest BCUT2D eigenvalue weighted by atomic mass is 35.5. The Morgan fingerprint density at radius 2 is 1.74 bits per heavy atom. The Balaban J connectivity index is 1.36. The molecule has 0 amide bonds. The van der Waals surface area contributed by atoms with E-state index in [-0.39, 0.29) is 0 Å². The molecule has 5 rings (SSSR count). The predicted molar refractivity (Wildman–Crippen MR) is 125 cm³/mol. The lowest BCUT2D eigenvalue weighted by molar-refractivity contribution is 0.313. The molecule has 2 aromatic carbocycles. The standard InChI is InChI=1S/C23H22ClN7/c1-30-8-10-31(11-9-30)19-6-4-18(5-7-19)28-23-26-14-20(24)22(29-23)16-2-3-17-13-25-15-27-21(17)12-16/h2-7,12-15H,8-11H2,1H3,(H,26,28,29). The topological polar surface area (TPSA) is 70.1 Å². The van der Waals surface area contributed by atoms with Crippen molar-refractivity contribution >= 4 is 39.8 Å². The van der Waals surface area contributed by atoms with Crippen LogP contribution in [0.5, 0.6) is 0 Å². The van der Waals surface area contributed by atoms with Gasteiger partial charge in [0, 0.05) is 54.7 Å². The van der Waals surface area contributed by atoms with Gasteiger partial charge in [0.25, 0.3) is 0 Å². The Labute approximate surface area is 185 Å². The number of hydrogen-bond acceptors (Lipinski definition) is 7. The summed E-state index contributed by atoms with van der Waals surface area (Å²) in [6, 6.07) is 14.3. The number of likely N-dealkylation sites (N-methyl/N-ethyl adjacent to an activating group) is 1. The second-order valence-corrected chi connectivity index (χ2v) is 8.06. The van der Waals surface area contributed by atoms with E-state index in [4.69, 9.17) is 11.6 Å². The van der Waals surface area contributed by atoms with Gasteiger partial charge in [0.05, 0.1) is 22.4 Å². The molecule has 0 spiro atoms. The lowest BCUT2D eigenvalue weighted by Gasteiger charge is -2.34. The van der Waals surface area contributed by atoms with Gasteiger partial charge in [0.15, 0.2) is 0 Å². The van der Waals surface area contributed by atoms with Gasteiger partial charge in [0.2, 0.25) is 5.95 Å². The summed E-state index contributed by atoms with van der Waals surface area (Å²) in [6.45, 7) is 4.26. The van der Waals surface area contributed by atoms with E-state index in [0.29, 0.717) is 16.7 Å². The van der Waals surface area contributed by atoms with Crippen molar-refractivity contribution < 1.29 is 0 Å². The molecule has 1 saturated heterocycles. The number of fused-ring (bicyclic) bond motifs is 1. The van der Waals surface area contributed by atoms with Gasteiger partial charge in [-0.05, 0) is 37.4 Å². The van der Waals surface area contributed by atoms with E-state index in [0.717, 1.165) is 48.3 Å². The number of hydrogen-bond donors (Lipinski definition) is 1. The normalized spacial score (nSPS) is 14.7. The van der Waals surface area contributed by atoms with E-state index in [9.17, 15) is 0 Å². The second-order valence-electron chi connectivity index (χ2n) is 7.65. The minimum Gasteiger partial charge on any atom is -0.369 e. The highest BCUT2D eigenvalue weighted by Gasteiger charge is 2.14. The number of nitrogens with zero attached hydrogens (tertiary/aromatic N) is 6. The van der Waals surface area contributed by atoms with Gasteiger partial charge in [-0.1, -0.05) is 23.7 Å². The van der Waals surface area contributed by atoms with Crippen LogP contribution >= 0.6 is 11.6 Å². The van der Waals surface area contributed by atoms with Crippen LogP contribution in [-0.4, -0.2) is 58.1 Å². The van der Waals surface area contributed by atoms with Crippen LogP contribution in [-0.2, 0) is 0 Å². The summed E-state index contributed by atoms with van der Waals surface area (Å²) in [5.74, 6) is 0.495. The zero-order chi connectivity index (χ0) is 21.2. The first-order chi connectivity index (χ1) is 15.2. The molecule has 7 nitrogen and oxygen atoms in total. The molecule has 2 aromatic heterocycles. The lowest BCUT2D eigenvalue weighted by Crippen LogP contribution is -2.44. The summed E-state index contributed by atoms with van der Waals surface area (Å²) in [6.07, 6.45) is 4.94. The van der Waals surface area contributed by atoms with E-state index in [1.807, 2.05) is 18.2 Å². The Hall–Kier alpha value is -3.29.